The van der Waals surface area contributed by atoms with Crippen LogP contribution in [0.3, 0.4) is 0 Å². The predicted octanol–water partition coefficient (Wildman–Crippen LogP) is 6.57. The molecule has 3 saturated heterocycles. The number of unbranched alkanes of at least 4 members (excludes halogenated alkanes) is 1. The van der Waals surface area contributed by atoms with Crippen LogP contribution >= 0.6 is 33.2 Å². The number of H-pyrrole nitrogens is 1. The summed E-state index contributed by atoms with van der Waals surface area (Å²) in [5, 5.41) is 56.8. The van der Waals surface area contributed by atoms with Gasteiger partial charge in [-0.15, -0.1) is 0 Å². The van der Waals surface area contributed by atoms with Crippen molar-refractivity contribution in [3.05, 3.63) is 148 Å². The van der Waals surface area contributed by atoms with Gasteiger partial charge in [0.15, 0.2) is 5.72 Å². The van der Waals surface area contributed by atoms with Crippen LogP contribution in [0.2, 0.25) is 5.02 Å². The monoisotopic (exact) mass is 1820 g/mol. The zero-order chi connectivity index (χ0) is 93.2. The highest BCUT2D eigenvalue weighted by Gasteiger charge is 2.65. The third-order valence-corrected chi connectivity index (χ3v) is 26.2. The maximum Gasteiger partial charge on any atom is 0.409 e. The van der Waals surface area contributed by atoms with E-state index >= 15 is 19.2 Å². The molecule has 0 unspecified atom stereocenters. The summed E-state index contributed by atoms with van der Waals surface area (Å²) in [6.45, 7) is 17.9. The maximum atomic E-state index is 15.6. The number of aliphatic hydroxyl groups excluding tert-OH is 1. The number of nitrogens with two attached hydrogens (primary N) is 1. The van der Waals surface area contributed by atoms with Gasteiger partial charge < -0.3 is 102 Å². The number of carbonyl (C=O) groups is 12. The van der Waals surface area contributed by atoms with E-state index in [4.69, 9.17) is 41.0 Å². The molecule has 4 aliphatic heterocycles. The van der Waals surface area contributed by atoms with E-state index in [1.807, 2.05) is 65.8 Å². The van der Waals surface area contributed by atoms with Crippen LogP contribution in [-0.4, -0.2) is 250 Å². The summed E-state index contributed by atoms with van der Waals surface area (Å²) < 4.78 is 29.9. The van der Waals surface area contributed by atoms with Crippen molar-refractivity contribution in [2.45, 2.75) is 248 Å². The predicted molar refractivity (Wildman–Crippen MR) is 483 cm³/mol. The first-order valence-corrected chi connectivity index (χ1v) is 45.6. The summed E-state index contributed by atoms with van der Waals surface area (Å²) in [6.07, 6.45) is -0.771. The number of benzene rings is 4. The van der Waals surface area contributed by atoms with Gasteiger partial charge in [-0.3, -0.25) is 53.3 Å². The molecule has 4 aliphatic rings. The van der Waals surface area contributed by atoms with E-state index in [1.165, 1.54) is 94.1 Å². The lowest BCUT2D eigenvalue weighted by molar-refractivity contribution is -0.162. The molecule has 0 spiro atoms. The van der Waals surface area contributed by atoms with Crippen molar-refractivity contribution in [3.63, 3.8) is 0 Å². The van der Waals surface area contributed by atoms with Crippen LogP contribution in [0.5, 0.6) is 11.5 Å². The Kier molecular flexibility index (Phi) is 35.3. The molecule has 127 heavy (non-hydrogen) atoms. The molecule has 0 saturated carbocycles. The molecular formula is C91H124ClN13O20S2. The van der Waals surface area contributed by atoms with Gasteiger partial charge in [0.1, 0.15) is 88.8 Å². The van der Waals surface area contributed by atoms with Gasteiger partial charge in [-0.1, -0.05) is 145 Å². The Morgan fingerprint density at radius 2 is 1.43 bits per heavy atom. The summed E-state index contributed by atoms with van der Waals surface area (Å²) >= 11 is 6.93. The molecule has 4 bridgehead atoms. The maximum absolute atomic E-state index is 15.6. The number of aromatic amines is 1. The summed E-state index contributed by atoms with van der Waals surface area (Å²) in [5.41, 5.74) is 5.53. The lowest BCUT2D eigenvalue weighted by atomic mass is 9.81. The number of nitrogens with zero attached hydrogens (tertiary/aromatic N) is 3. The van der Waals surface area contributed by atoms with Gasteiger partial charge >= 0.3 is 12.1 Å². The van der Waals surface area contributed by atoms with E-state index in [9.17, 15) is 53.7 Å². The van der Waals surface area contributed by atoms with Crippen LogP contribution < -0.4 is 57.9 Å². The fourth-order valence-electron chi connectivity index (χ4n) is 16.5. The smallest absolute Gasteiger partial charge is 0.409 e. The number of methoxy groups -OCH3 is 2. The fourth-order valence-corrected chi connectivity index (χ4v) is 18.9. The van der Waals surface area contributed by atoms with Gasteiger partial charge in [-0.05, 0) is 145 Å². The largest absolute Gasteiger partial charge is 0.508 e. The Bertz CT molecular complexity index is 4820. The highest BCUT2D eigenvalue weighted by Crippen LogP contribution is 2.50. The lowest BCUT2D eigenvalue weighted by Crippen LogP contribution is -2.63. The fraction of sp³-hybridized carbons (Fsp3) is 0.538. The van der Waals surface area contributed by atoms with Crippen molar-refractivity contribution < 1.29 is 96.5 Å². The van der Waals surface area contributed by atoms with E-state index in [0.29, 0.717) is 59.0 Å². The second-order valence-electron chi connectivity index (χ2n) is 35.4. The van der Waals surface area contributed by atoms with Crippen molar-refractivity contribution in [2.24, 2.45) is 17.1 Å². The summed E-state index contributed by atoms with van der Waals surface area (Å²) in [7, 11) is 9.39. The van der Waals surface area contributed by atoms with Gasteiger partial charge in [-0.2, -0.15) is 0 Å². The molecule has 0 aliphatic carbocycles. The molecule has 3 fully saturated rings. The van der Waals surface area contributed by atoms with Gasteiger partial charge in [-0.25, -0.2) is 9.59 Å². The molecule has 692 valence electrons. The number of aromatic hydroxyl groups is 1. The van der Waals surface area contributed by atoms with Gasteiger partial charge in [0.05, 0.1) is 31.4 Å². The minimum Gasteiger partial charge on any atom is -0.508 e. The molecule has 16 atom stereocenters. The number of epoxide rings is 1. The van der Waals surface area contributed by atoms with Crippen molar-refractivity contribution >= 4 is 121 Å². The zero-order valence-electron chi connectivity index (χ0n) is 74.8. The molecule has 5 heterocycles. The quantitative estimate of drug-likeness (QED) is 0.0104. The second-order valence-corrected chi connectivity index (χ2v) is 38.4. The lowest BCUT2D eigenvalue weighted by Gasteiger charge is -2.42. The molecule has 33 nitrogen and oxygen atoms in total. The van der Waals surface area contributed by atoms with Crippen LogP contribution in [0, 0.1) is 11.3 Å². The number of aromatic nitrogens is 1. The number of amides is 11. The van der Waals surface area contributed by atoms with Crippen molar-refractivity contribution in [1.82, 2.24) is 57.3 Å². The standard InChI is InChI=1S/C91H124ClN13O20S2/c1-51-24-23-30-71(122-15)91(120)47-70(123-87(119)102-91)52(2)78-90(10,125-78)72(46-75(110)104(12)68-43-57(40-51)44-69(121-14)76(68)92)124-86(118)53(3)103(11)74(109)37-39-126-127-49-66(82(114)101-89(8,9)50-88(5,6)7)95-73(108)36-35-67-83(115)98-63(41-56-31-33-59(107)34-32-56)80(112)97-64(45-58-48-94-61-28-20-19-27-60(58)61)81(113)96-62(29-21-22-38-93)79(111)100-77(54(4)106)84(116)99-65(85(117)105(67)13)42-55-25-17-16-18-26-55/h16-20,23-28,30-34,43-44,48,52-54,62-67,70-72,77-78,94,106-107,120H,21-22,29,35-42,45-47,49-50,93H2,1-15H3,(H,95,108)(H,96,113)(H,97,112)(H,98,115)(H,99,116)(H,100,111)(H,101,114)(H,102,119)/b30-23+,51-24+/t52-,53+,54-,62+,63+,64-,65+,66+,67+,70+,71-,72+,77+,78+,90+,91+/m1/s1. The highest BCUT2D eigenvalue weighted by molar-refractivity contribution is 8.76. The molecule has 4 aromatic carbocycles. The number of ether oxygens (including phenoxy) is 5. The SMILES string of the molecule is COc1cc2cc(c1Cl)N(C)C(=O)C[C@H](OC(=O)[C@H](C)N(C)C(=O)CCSSC[C@H](NC(=O)CC[C@H]1C(=O)N[C@@H](Cc3ccc(O)cc3)C(=O)N[C@H](Cc3c[nH]c4ccccc34)C(=O)N[C@@H](CCCCN)C(=O)N[C@@H]([C@@H](C)O)C(=O)N[C@@H](Cc3ccccc3)C(=O)N1C)C(=O)NC(C)(C)CC(C)(C)C)[C@]1(C)O[C@H]1[C@H](C)[C@@H]1C[C@@](O)(NC(=O)O1)[C@H](OC)/C=C/C=C(\C)C2. The Morgan fingerprint density at radius 3 is 2.10 bits per heavy atom. The first kappa shape index (κ1) is 100. The average Bonchev–Trinajstić information content (AvgIpc) is 1.57. The van der Waals surface area contributed by atoms with Gasteiger partial charge in [0.25, 0.3) is 0 Å². The molecule has 11 amide bonds. The Hall–Kier alpha value is -10.3. The number of anilines is 1. The Morgan fingerprint density at radius 1 is 0.795 bits per heavy atom. The highest BCUT2D eigenvalue weighted by atomic mass is 35.5. The number of rotatable bonds is 29. The first-order chi connectivity index (χ1) is 59.9. The molecule has 5 aromatic rings. The molecule has 1 aromatic heterocycles. The van der Waals surface area contributed by atoms with Crippen LogP contribution in [0.15, 0.2) is 121 Å². The number of halogens is 1. The summed E-state index contributed by atoms with van der Waals surface area (Å²) in [5.74, 6) is -9.26. The van der Waals surface area contributed by atoms with Crippen LogP contribution in [-0.2, 0) is 97.4 Å². The van der Waals surface area contributed by atoms with Gasteiger partial charge in [0, 0.05) is 107 Å². The minimum atomic E-state index is -1.95. The van der Waals surface area contributed by atoms with E-state index in [-0.39, 0.29) is 78.5 Å². The first-order valence-electron chi connectivity index (χ1n) is 42.7. The number of allylic oxidation sites excluding steroid dienone is 3. The van der Waals surface area contributed by atoms with Crippen molar-refractivity contribution in [3.8, 4) is 11.5 Å². The van der Waals surface area contributed by atoms with Crippen LogP contribution in [0.1, 0.15) is 149 Å². The third-order valence-electron chi connectivity index (χ3n) is 23.4. The zero-order valence-corrected chi connectivity index (χ0v) is 77.2. The van der Waals surface area contributed by atoms with E-state index < -0.39 is 192 Å². The van der Waals surface area contributed by atoms with Crippen molar-refractivity contribution in [1.29, 1.82) is 0 Å². The van der Waals surface area contributed by atoms with Gasteiger partial charge in [0.2, 0.25) is 59.1 Å². The minimum absolute atomic E-state index is 0.00265. The number of alkyl carbamates (subject to hydrolysis) is 1. The number of phenols is 1. The Labute approximate surface area is 754 Å². The molecule has 14 N–H and O–H groups in total. The molecule has 0 radical (unpaired) electrons. The number of para-hydroxylation sites is 1. The molecular weight excluding hydrogens is 1690 g/mol. The number of nitrogens with one attached hydrogen (secondary N) is 9. The number of phenolic OH excluding ortho intramolecular Hbond substituents is 1. The normalized spacial score (nSPS) is 25.8. The topological polar surface area (TPSA) is 463 Å². The number of esters is 1. The van der Waals surface area contributed by atoms with E-state index in [1.54, 1.807) is 80.7 Å². The number of fused-ring (bicyclic) bond motifs is 6. The summed E-state index contributed by atoms with van der Waals surface area (Å²) in [4.78, 5) is 184. The molecule has 9 rings (SSSR count). The number of aliphatic hydroxyl groups is 2. The molecule has 36 heteroatoms. The average molecular weight is 1820 g/mol. The van der Waals surface area contributed by atoms with Crippen LogP contribution in [0.25, 0.3) is 10.9 Å². The van der Waals surface area contributed by atoms with Crippen molar-refractivity contribution in [2.75, 3.05) is 58.3 Å². The number of likely N-dealkylation sites (N-methyl/N-ethyl adjacent to an activating group) is 2. The number of hydrogen-bond donors (Lipinski definition) is 13. The second kappa shape index (κ2) is 44.6. The Balaban J connectivity index is 0.954. The number of carbonyl (C=O) groups excluding carboxylic acids is 12. The summed E-state index contributed by atoms with van der Waals surface area (Å²) in [6, 6.07) is 13.1. The van der Waals surface area contributed by atoms with E-state index in [0.717, 1.165) is 26.8 Å². The third kappa shape index (κ3) is 27.4. The van der Waals surface area contributed by atoms with Crippen LogP contribution in [0.4, 0.5) is 10.5 Å². The number of hydrogen-bond acceptors (Lipinski definition) is 23. The van der Waals surface area contributed by atoms with E-state index in [2.05, 4.69) is 47.5 Å².